The third-order valence-corrected chi connectivity index (χ3v) is 4.82. The predicted molar refractivity (Wildman–Crippen MR) is 95.3 cm³/mol. The van der Waals surface area contributed by atoms with Crippen LogP contribution >= 0.6 is 0 Å². The molecule has 0 radical (unpaired) electrons. The molecule has 0 aliphatic carbocycles. The number of ether oxygens (including phenoxy) is 5. The second kappa shape index (κ2) is 8.29. The van der Waals surface area contributed by atoms with Gasteiger partial charge in [-0.3, -0.25) is 0 Å². The molecule has 0 aromatic heterocycles. The van der Waals surface area contributed by atoms with Crippen LogP contribution in [0.4, 0.5) is 0 Å². The van der Waals surface area contributed by atoms with Gasteiger partial charge in [0.05, 0.1) is 19.3 Å². The minimum atomic E-state index is -0.400. The van der Waals surface area contributed by atoms with Crippen LogP contribution in [-0.2, 0) is 30.3 Å². The Bertz CT molecular complexity index is 677. The SMILES string of the molecule is CO[C@@H]1C[C@H](OCc2ccccc2)[C@@H]2O[C@H](c3ccccc3)OC[C@H]2O1. The summed E-state index contributed by atoms with van der Waals surface area (Å²) in [5, 5.41) is 0. The summed E-state index contributed by atoms with van der Waals surface area (Å²) >= 11 is 0. The summed E-state index contributed by atoms with van der Waals surface area (Å²) in [6.07, 6.45) is -0.584. The average Bonchev–Trinajstić information content (AvgIpc) is 2.72. The first-order chi connectivity index (χ1) is 12.8. The largest absolute Gasteiger partial charge is 0.371 e. The van der Waals surface area contributed by atoms with E-state index in [1.165, 1.54) is 0 Å². The van der Waals surface area contributed by atoms with Gasteiger partial charge in [-0.25, -0.2) is 0 Å². The third-order valence-electron chi connectivity index (χ3n) is 4.82. The van der Waals surface area contributed by atoms with Crippen molar-refractivity contribution in [2.45, 2.75) is 43.9 Å². The van der Waals surface area contributed by atoms with Crippen molar-refractivity contribution in [3.05, 3.63) is 71.8 Å². The fourth-order valence-electron chi connectivity index (χ4n) is 3.44. The molecule has 0 unspecified atom stereocenters. The molecular formula is C21H24O5. The zero-order valence-electron chi connectivity index (χ0n) is 14.8. The molecule has 0 spiro atoms. The molecule has 2 saturated heterocycles. The van der Waals surface area contributed by atoms with Crippen molar-refractivity contribution >= 4 is 0 Å². The zero-order valence-corrected chi connectivity index (χ0v) is 14.8. The second-order valence-electron chi connectivity index (χ2n) is 6.59. The van der Waals surface area contributed by atoms with Crippen molar-refractivity contribution in [2.24, 2.45) is 0 Å². The molecule has 5 atom stereocenters. The molecule has 0 N–H and O–H groups in total. The molecule has 2 aromatic carbocycles. The Hall–Kier alpha value is -1.76. The summed E-state index contributed by atoms with van der Waals surface area (Å²) in [7, 11) is 1.65. The minimum Gasteiger partial charge on any atom is -0.371 e. The smallest absolute Gasteiger partial charge is 0.184 e. The van der Waals surface area contributed by atoms with Gasteiger partial charge in [-0.15, -0.1) is 0 Å². The number of fused-ring (bicyclic) bond motifs is 1. The van der Waals surface area contributed by atoms with E-state index in [9.17, 15) is 0 Å². The first-order valence-electron chi connectivity index (χ1n) is 8.99. The van der Waals surface area contributed by atoms with E-state index in [1.54, 1.807) is 7.11 Å². The van der Waals surface area contributed by atoms with Crippen molar-refractivity contribution in [1.29, 1.82) is 0 Å². The average molecular weight is 356 g/mol. The number of methoxy groups -OCH3 is 1. The first kappa shape index (κ1) is 17.6. The Labute approximate surface area is 153 Å². The van der Waals surface area contributed by atoms with Gasteiger partial charge in [0, 0.05) is 19.1 Å². The van der Waals surface area contributed by atoms with Crippen molar-refractivity contribution in [1.82, 2.24) is 0 Å². The Morgan fingerprint density at radius 2 is 1.69 bits per heavy atom. The maximum atomic E-state index is 6.24. The van der Waals surface area contributed by atoms with Crippen molar-refractivity contribution in [2.75, 3.05) is 13.7 Å². The second-order valence-corrected chi connectivity index (χ2v) is 6.59. The van der Waals surface area contributed by atoms with E-state index in [0.717, 1.165) is 11.1 Å². The maximum Gasteiger partial charge on any atom is 0.184 e. The van der Waals surface area contributed by atoms with Crippen LogP contribution in [0.5, 0.6) is 0 Å². The highest BCUT2D eigenvalue weighted by Crippen LogP contribution is 2.35. The van der Waals surface area contributed by atoms with Crippen LogP contribution in [0.1, 0.15) is 23.8 Å². The van der Waals surface area contributed by atoms with Gasteiger partial charge in [0.1, 0.15) is 12.2 Å². The summed E-state index contributed by atoms with van der Waals surface area (Å²) in [6, 6.07) is 20.1. The van der Waals surface area contributed by atoms with Gasteiger partial charge in [0.2, 0.25) is 0 Å². The summed E-state index contributed by atoms with van der Waals surface area (Å²) in [5.74, 6) is 0. The molecule has 0 amide bonds. The zero-order chi connectivity index (χ0) is 17.8. The lowest BCUT2D eigenvalue weighted by atomic mass is 10.00. The van der Waals surface area contributed by atoms with E-state index < -0.39 is 6.29 Å². The molecule has 4 rings (SSSR count). The maximum absolute atomic E-state index is 6.24. The summed E-state index contributed by atoms with van der Waals surface area (Å²) in [5.41, 5.74) is 2.14. The van der Waals surface area contributed by atoms with Crippen molar-refractivity contribution < 1.29 is 23.7 Å². The Kier molecular flexibility index (Phi) is 5.62. The molecule has 0 saturated carbocycles. The monoisotopic (exact) mass is 356 g/mol. The van der Waals surface area contributed by atoms with E-state index in [2.05, 4.69) is 12.1 Å². The highest BCUT2D eigenvalue weighted by Gasteiger charge is 2.45. The lowest BCUT2D eigenvalue weighted by Gasteiger charge is -2.45. The lowest BCUT2D eigenvalue weighted by Crippen LogP contribution is -2.55. The molecule has 5 nitrogen and oxygen atoms in total. The predicted octanol–water partition coefficient (Wildman–Crippen LogP) is 3.45. The van der Waals surface area contributed by atoms with Crippen LogP contribution < -0.4 is 0 Å². The minimum absolute atomic E-state index is 0.117. The number of rotatable bonds is 5. The van der Waals surface area contributed by atoms with Crippen LogP contribution in [0.2, 0.25) is 0 Å². The van der Waals surface area contributed by atoms with Gasteiger partial charge >= 0.3 is 0 Å². The molecule has 2 aliphatic rings. The van der Waals surface area contributed by atoms with E-state index in [1.807, 2.05) is 48.5 Å². The number of benzene rings is 2. The summed E-state index contributed by atoms with van der Waals surface area (Å²) in [4.78, 5) is 0. The van der Waals surface area contributed by atoms with E-state index >= 15 is 0 Å². The van der Waals surface area contributed by atoms with Crippen LogP contribution in [0.25, 0.3) is 0 Å². The molecule has 138 valence electrons. The van der Waals surface area contributed by atoms with E-state index in [4.69, 9.17) is 23.7 Å². The van der Waals surface area contributed by atoms with Crippen molar-refractivity contribution in [3.63, 3.8) is 0 Å². The normalized spacial score (nSPS) is 31.3. The Morgan fingerprint density at radius 3 is 2.42 bits per heavy atom. The standard InChI is InChI=1S/C21H24O5/c1-22-19-12-17(23-13-15-8-4-2-5-9-15)20-18(25-19)14-24-21(26-20)16-10-6-3-7-11-16/h2-11,17-21H,12-14H2,1H3/t17-,18+,19-,20-,21+/m0/s1. The molecule has 2 aliphatic heterocycles. The quantitative estimate of drug-likeness (QED) is 0.821. The van der Waals surface area contributed by atoms with Gasteiger partial charge in [0.15, 0.2) is 12.6 Å². The molecule has 2 fully saturated rings. The topological polar surface area (TPSA) is 46.2 Å². The molecule has 26 heavy (non-hydrogen) atoms. The van der Waals surface area contributed by atoms with Crippen LogP contribution in [0, 0.1) is 0 Å². The van der Waals surface area contributed by atoms with Crippen LogP contribution in [0.15, 0.2) is 60.7 Å². The van der Waals surface area contributed by atoms with Gasteiger partial charge < -0.3 is 23.7 Å². The van der Waals surface area contributed by atoms with Gasteiger partial charge in [-0.1, -0.05) is 60.7 Å². The Morgan fingerprint density at radius 1 is 0.962 bits per heavy atom. The fraction of sp³-hybridized carbons (Fsp3) is 0.429. The molecule has 2 aromatic rings. The van der Waals surface area contributed by atoms with Crippen LogP contribution in [-0.4, -0.2) is 38.3 Å². The van der Waals surface area contributed by atoms with Gasteiger partial charge in [-0.2, -0.15) is 0 Å². The number of hydrogen-bond acceptors (Lipinski definition) is 5. The van der Waals surface area contributed by atoms with E-state index in [-0.39, 0.29) is 24.6 Å². The molecule has 5 heteroatoms. The molecule has 2 heterocycles. The number of hydrogen-bond donors (Lipinski definition) is 0. The highest BCUT2D eigenvalue weighted by atomic mass is 16.7. The van der Waals surface area contributed by atoms with E-state index in [0.29, 0.717) is 19.6 Å². The molecule has 0 bridgehead atoms. The van der Waals surface area contributed by atoms with Crippen LogP contribution in [0.3, 0.4) is 0 Å². The summed E-state index contributed by atoms with van der Waals surface area (Å²) in [6.45, 7) is 0.987. The van der Waals surface area contributed by atoms with Crippen molar-refractivity contribution in [3.8, 4) is 0 Å². The summed E-state index contributed by atoms with van der Waals surface area (Å²) < 4.78 is 29.7. The first-order valence-corrected chi connectivity index (χ1v) is 8.99. The Balaban J connectivity index is 1.47. The van der Waals surface area contributed by atoms with Gasteiger partial charge in [-0.05, 0) is 5.56 Å². The highest BCUT2D eigenvalue weighted by molar-refractivity contribution is 5.17. The molecular weight excluding hydrogens is 332 g/mol. The third kappa shape index (κ3) is 3.98. The lowest BCUT2D eigenvalue weighted by molar-refractivity contribution is -0.339. The van der Waals surface area contributed by atoms with Gasteiger partial charge in [0.25, 0.3) is 0 Å². The fourth-order valence-corrected chi connectivity index (χ4v) is 3.44.